The maximum atomic E-state index is 13.2. The minimum atomic E-state index is -4.50. The summed E-state index contributed by atoms with van der Waals surface area (Å²) in [6, 6.07) is -2.89. The molecule has 2 aliphatic carbocycles. The topological polar surface area (TPSA) is 81.7 Å². The summed E-state index contributed by atoms with van der Waals surface area (Å²) < 4.78 is 39.5. The van der Waals surface area contributed by atoms with E-state index in [1.807, 2.05) is 10.2 Å². The standard InChI is InChI=1S/C18H30F3N3O3/c1-17(2,3)8-14(18(19,20)21)23-16(27)22-12-6-13(7-12)24(10-15(25)26)9-11-4-5-11/h11-14H,4-10H2,1-3H3,(H,25,26)(H2,22,23,27). The lowest BCUT2D eigenvalue weighted by Gasteiger charge is -2.43. The number of carbonyl (C=O) groups is 2. The summed E-state index contributed by atoms with van der Waals surface area (Å²) in [5, 5.41) is 13.7. The Kier molecular flexibility index (Phi) is 6.65. The molecule has 0 aliphatic heterocycles. The van der Waals surface area contributed by atoms with Crippen LogP contribution in [0.5, 0.6) is 0 Å². The van der Waals surface area contributed by atoms with Crippen LogP contribution in [-0.2, 0) is 4.79 Å². The van der Waals surface area contributed by atoms with E-state index in [1.165, 1.54) is 0 Å². The van der Waals surface area contributed by atoms with Crippen LogP contribution < -0.4 is 10.6 Å². The van der Waals surface area contributed by atoms with Crippen molar-refractivity contribution in [1.82, 2.24) is 15.5 Å². The number of carboxylic acid groups (broad SMARTS) is 1. The first-order valence-corrected chi connectivity index (χ1v) is 9.43. The average molecular weight is 393 g/mol. The molecule has 2 fully saturated rings. The van der Waals surface area contributed by atoms with Crippen LogP contribution in [0.2, 0.25) is 0 Å². The predicted octanol–water partition coefficient (Wildman–Crippen LogP) is 2.98. The Morgan fingerprint density at radius 2 is 1.78 bits per heavy atom. The molecule has 156 valence electrons. The Balaban J connectivity index is 1.80. The summed E-state index contributed by atoms with van der Waals surface area (Å²) in [7, 11) is 0. The largest absolute Gasteiger partial charge is 0.480 e. The van der Waals surface area contributed by atoms with Gasteiger partial charge >= 0.3 is 18.2 Å². The highest BCUT2D eigenvalue weighted by molar-refractivity contribution is 5.75. The SMILES string of the molecule is CC(C)(C)CC(NC(=O)NC1CC(N(CC(=O)O)CC2CC2)C1)C(F)(F)F. The summed E-state index contributed by atoms with van der Waals surface area (Å²) in [5.74, 6) is -0.343. The van der Waals surface area contributed by atoms with Gasteiger partial charge in [0, 0.05) is 18.6 Å². The number of amides is 2. The molecule has 0 saturated heterocycles. The second-order valence-electron chi connectivity index (χ2n) is 9.07. The molecule has 0 radical (unpaired) electrons. The Labute approximate surface area is 157 Å². The molecule has 2 saturated carbocycles. The lowest BCUT2D eigenvalue weighted by Crippen LogP contribution is -2.59. The van der Waals surface area contributed by atoms with Gasteiger partial charge in [0.1, 0.15) is 6.04 Å². The minimum absolute atomic E-state index is 0.0399. The maximum Gasteiger partial charge on any atom is 0.408 e. The van der Waals surface area contributed by atoms with Crippen molar-refractivity contribution in [3.8, 4) is 0 Å². The summed E-state index contributed by atoms with van der Waals surface area (Å²) in [6.45, 7) is 5.77. The van der Waals surface area contributed by atoms with Gasteiger partial charge in [-0.2, -0.15) is 13.2 Å². The third-order valence-electron chi connectivity index (χ3n) is 5.01. The molecule has 2 amide bonds. The van der Waals surface area contributed by atoms with Gasteiger partial charge in [0.25, 0.3) is 0 Å². The number of alkyl halides is 3. The van der Waals surface area contributed by atoms with E-state index in [1.54, 1.807) is 20.8 Å². The number of halogens is 3. The molecule has 0 aromatic carbocycles. The molecule has 3 N–H and O–H groups in total. The zero-order valence-corrected chi connectivity index (χ0v) is 16.1. The third-order valence-corrected chi connectivity index (χ3v) is 5.01. The molecule has 0 heterocycles. The van der Waals surface area contributed by atoms with Crippen LogP contribution in [0.15, 0.2) is 0 Å². The summed E-state index contributed by atoms with van der Waals surface area (Å²) in [6.07, 6.45) is -1.37. The molecular formula is C18H30F3N3O3. The first-order chi connectivity index (χ1) is 12.3. The molecule has 0 aromatic rings. The van der Waals surface area contributed by atoms with Crippen LogP contribution in [-0.4, -0.2) is 59.4 Å². The number of nitrogens with zero attached hydrogens (tertiary/aromatic N) is 1. The van der Waals surface area contributed by atoms with E-state index in [9.17, 15) is 22.8 Å². The molecule has 2 rings (SSSR count). The molecule has 0 aromatic heterocycles. The Morgan fingerprint density at radius 3 is 2.22 bits per heavy atom. The van der Waals surface area contributed by atoms with Crippen LogP contribution in [0.4, 0.5) is 18.0 Å². The van der Waals surface area contributed by atoms with E-state index in [0.717, 1.165) is 19.4 Å². The van der Waals surface area contributed by atoms with Gasteiger partial charge in [-0.1, -0.05) is 20.8 Å². The quantitative estimate of drug-likeness (QED) is 0.592. The van der Waals surface area contributed by atoms with Gasteiger partial charge in [0.05, 0.1) is 6.54 Å². The Bertz CT molecular complexity index is 538. The van der Waals surface area contributed by atoms with E-state index in [2.05, 4.69) is 5.32 Å². The fraction of sp³-hybridized carbons (Fsp3) is 0.889. The fourth-order valence-corrected chi connectivity index (χ4v) is 3.40. The van der Waals surface area contributed by atoms with Crippen molar-refractivity contribution in [2.45, 2.75) is 77.2 Å². The van der Waals surface area contributed by atoms with Crippen molar-refractivity contribution in [2.75, 3.05) is 13.1 Å². The molecule has 1 unspecified atom stereocenters. The maximum absolute atomic E-state index is 13.2. The Hall–Kier alpha value is -1.51. The smallest absolute Gasteiger partial charge is 0.408 e. The second-order valence-corrected chi connectivity index (χ2v) is 9.07. The zero-order chi connectivity index (χ0) is 20.4. The third kappa shape index (κ3) is 7.56. The lowest BCUT2D eigenvalue weighted by atomic mass is 9.85. The number of hydrogen-bond acceptors (Lipinski definition) is 3. The summed E-state index contributed by atoms with van der Waals surface area (Å²) in [4.78, 5) is 24.9. The highest BCUT2D eigenvalue weighted by atomic mass is 19.4. The predicted molar refractivity (Wildman–Crippen MR) is 94.3 cm³/mol. The van der Waals surface area contributed by atoms with Gasteiger partial charge in [-0.15, -0.1) is 0 Å². The number of rotatable bonds is 8. The van der Waals surface area contributed by atoms with E-state index >= 15 is 0 Å². The zero-order valence-electron chi connectivity index (χ0n) is 16.1. The number of carbonyl (C=O) groups excluding carboxylic acids is 1. The highest BCUT2D eigenvalue weighted by Crippen LogP contribution is 2.34. The van der Waals surface area contributed by atoms with E-state index < -0.39 is 29.6 Å². The van der Waals surface area contributed by atoms with Crippen molar-refractivity contribution >= 4 is 12.0 Å². The number of carboxylic acids is 1. The first kappa shape index (κ1) is 21.8. The van der Waals surface area contributed by atoms with E-state index in [-0.39, 0.29) is 25.0 Å². The minimum Gasteiger partial charge on any atom is -0.480 e. The van der Waals surface area contributed by atoms with Crippen molar-refractivity contribution in [2.24, 2.45) is 11.3 Å². The first-order valence-electron chi connectivity index (χ1n) is 9.43. The second kappa shape index (κ2) is 8.24. The highest BCUT2D eigenvalue weighted by Gasteiger charge is 2.43. The van der Waals surface area contributed by atoms with Crippen LogP contribution in [0.3, 0.4) is 0 Å². The van der Waals surface area contributed by atoms with Crippen molar-refractivity contribution < 1.29 is 27.9 Å². The number of aliphatic carboxylic acids is 1. The number of urea groups is 1. The number of nitrogens with one attached hydrogen (secondary N) is 2. The molecule has 6 nitrogen and oxygen atoms in total. The van der Waals surface area contributed by atoms with Crippen molar-refractivity contribution in [3.05, 3.63) is 0 Å². The van der Waals surface area contributed by atoms with Gasteiger partial charge in [-0.05, 0) is 43.4 Å². The molecule has 2 aliphatic rings. The number of hydrogen-bond donors (Lipinski definition) is 3. The van der Waals surface area contributed by atoms with Crippen LogP contribution >= 0.6 is 0 Å². The van der Waals surface area contributed by atoms with Gasteiger partial charge in [0.15, 0.2) is 0 Å². The molecule has 0 bridgehead atoms. The van der Waals surface area contributed by atoms with Gasteiger partial charge < -0.3 is 15.7 Å². The normalized spacial score (nSPS) is 24.3. The van der Waals surface area contributed by atoms with Gasteiger partial charge in [0.2, 0.25) is 0 Å². The summed E-state index contributed by atoms with van der Waals surface area (Å²) >= 11 is 0. The molecule has 1 atom stereocenters. The summed E-state index contributed by atoms with van der Waals surface area (Å²) in [5.41, 5.74) is -0.574. The molecule has 0 spiro atoms. The van der Waals surface area contributed by atoms with Crippen LogP contribution in [0.1, 0.15) is 52.9 Å². The molecular weight excluding hydrogens is 363 g/mol. The fourth-order valence-electron chi connectivity index (χ4n) is 3.40. The van der Waals surface area contributed by atoms with Gasteiger partial charge in [-0.3, -0.25) is 9.69 Å². The van der Waals surface area contributed by atoms with Gasteiger partial charge in [-0.25, -0.2) is 4.79 Å². The lowest BCUT2D eigenvalue weighted by molar-refractivity contribution is -0.159. The van der Waals surface area contributed by atoms with Crippen molar-refractivity contribution in [3.63, 3.8) is 0 Å². The average Bonchev–Trinajstić information content (AvgIpc) is 3.22. The van der Waals surface area contributed by atoms with E-state index in [0.29, 0.717) is 18.8 Å². The van der Waals surface area contributed by atoms with Crippen LogP contribution in [0.25, 0.3) is 0 Å². The Morgan fingerprint density at radius 1 is 1.19 bits per heavy atom. The van der Waals surface area contributed by atoms with E-state index in [4.69, 9.17) is 5.11 Å². The van der Waals surface area contributed by atoms with Crippen LogP contribution in [0, 0.1) is 11.3 Å². The molecule has 9 heteroatoms. The van der Waals surface area contributed by atoms with Crippen molar-refractivity contribution in [1.29, 1.82) is 0 Å². The monoisotopic (exact) mass is 393 g/mol. The molecule has 27 heavy (non-hydrogen) atoms.